The molecular weight excluding hydrogens is 493 g/mol. The van der Waals surface area contributed by atoms with Crippen molar-refractivity contribution in [3.63, 3.8) is 0 Å². The van der Waals surface area contributed by atoms with Gasteiger partial charge in [-0.25, -0.2) is 4.79 Å². The molecule has 0 unspecified atom stereocenters. The molecule has 38 heavy (non-hydrogen) atoms. The monoisotopic (exact) mass is 516 g/mol. The highest BCUT2D eigenvalue weighted by atomic mass is 19.4. The molecule has 0 bridgehead atoms. The number of aromatic nitrogens is 2. The average Bonchev–Trinajstić information content (AvgIpc) is 2.92. The molecule has 7 nitrogen and oxygen atoms in total. The second kappa shape index (κ2) is 10.0. The van der Waals surface area contributed by atoms with Crippen LogP contribution >= 0.6 is 0 Å². The summed E-state index contributed by atoms with van der Waals surface area (Å²) < 4.78 is 38.4. The Balaban J connectivity index is 1.33. The van der Waals surface area contributed by atoms with Gasteiger partial charge in [-0.05, 0) is 43.3 Å². The normalized spacial score (nSPS) is 15.8. The summed E-state index contributed by atoms with van der Waals surface area (Å²) in [7, 11) is 0. The first kappa shape index (κ1) is 25.0. The van der Waals surface area contributed by atoms with Gasteiger partial charge < -0.3 is 15.1 Å². The summed E-state index contributed by atoms with van der Waals surface area (Å²) in [5, 5.41) is 22.7. The molecular formula is C28H23F3N6O. The fourth-order valence-electron chi connectivity index (χ4n) is 4.63. The highest BCUT2D eigenvalue weighted by Crippen LogP contribution is 2.33. The van der Waals surface area contributed by atoms with Gasteiger partial charge in [0.15, 0.2) is 5.82 Å². The minimum Gasteiger partial charge on any atom is -0.351 e. The molecule has 0 spiro atoms. The lowest BCUT2D eigenvalue weighted by molar-refractivity contribution is -0.137. The lowest BCUT2D eigenvalue weighted by atomic mass is 10.0. The minimum atomic E-state index is -4.43. The smallest absolute Gasteiger partial charge is 0.351 e. The van der Waals surface area contributed by atoms with Crippen LogP contribution in [-0.4, -0.2) is 46.8 Å². The number of nitrogens with zero attached hydrogens (tertiary/aromatic N) is 5. The largest absolute Gasteiger partial charge is 0.416 e. The Morgan fingerprint density at radius 3 is 2.29 bits per heavy atom. The maximum atomic E-state index is 12.9. The number of carbonyl (C=O) groups is 1. The number of alkyl halides is 3. The van der Waals surface area contributed by atoms with Gasteiger partial charge in [-0.1, -0.05) is 36.4 Å². The molecule has 1 N–H and O–H groups in total. The van der Waals surface area contributed by atoms with Crippen molar-refractivity contribution in [2.45, 2.75) is 19.1 Å². The van der Waals surface area contributed by atoms with E-state index < -0.39 is 11.7 Å². The van der Waals surface area contributed by atoms with Gasteiger partial charge in [-0.2, -0.15) is 18.4 Å². The molecule has 1 atom stereocenters. The second-order valence-electron chi connectivity index (χ2n) is 9.10. The number of fused-ring (bicyclic) bond motifs is 1. The summed E-state index contributed by atoms with van der Waals surface area (Å²) in [6.07, 6.45) is -4.43. The zero-order valence-corrected chi connectivity index (χ0v) is 20.4. The van der Waals surface area contributed by atoms with Gasteiger partial charge in [0.2, 0.25) is 0 Å². The maximum absolute atomic E-state index is 12.9. The summed E-state index contributed by atoms with van der Waals surface area (Å²) >= 11 is 0. The molecule has 1 aliphatic rings. The SMILES string of the molecule is C[C@H]1CN(c2nnc(-c3ccc(C#N)cc3)c3ccccc23)CCN1C(=O)Nc1ccc(C(F)(F)F)cc1. The van der Waals surface area contributed by atoms with Crippen LogP contribution in [0.2, 0.25) is 0 Å². The number of anilines is 2. The van der Waals surface area contributed by atoms with Crippen LogP contribution in [0.3, 0.4) is 0 Å². The van der Waals surface area contributed by atoms with Crippen molar-refractivity contribution in [3.8, 4) is 17.3 Å². The Bertz CT molecular complexity index is 1510. The molecule has 0 saturated carbocycles. The van der Waals surface area contributed by atoms with Crippen molar-refractivity contribution in [1.29, 1.82) is 5.26 Å². The lowest BCUT2D eigenvalue weighted by Gasteiger charge is -2.40. The Kier molecular flexibility index (Phi) is 6.59. The molecule has 0 aliphatic carbocycles. The van der Waals surface area contributed by atoms with E-state index in [0.717, 1.165) is 34.2 Å². The third-order valence-electron chi connectivity index (χ3n) is 6.61. The zero-order chi connectivity index (χ0) is 26.9. The van der Waals surface area contributed by atoms with Crippen LogP contribution in [-0.2, 0) is 6.18 Å². The van der Waals surface area contributed by atoms with E-state index in [2.05, 4.69) is 26.5 Å². The van der Waals surface area contributed by atoms with Crippen molar-refractivity contribution in [2.75, 3.05) is 29.9 Å². The van der Waals surface area contributed by atoms with Gasteiger partial charge in [0, 0.05) is 47.7 Å². The van der Waals surface area contributed by atoms with Gasteiger partial charge in [-0.3, -0.25) is 0 Å². The van der Waals surface area contributed by atoms with E-state index in [1.165, 1.54) is 12.1 Å². The molecule has 1 aromatic heterocycles. The number of rotatable bonds is 3. The number of amides is 2. The van der Waals surface area contributed by atoms with E-state index in [1.54, 1.807) is 17.0 Å². The van der Waals surface area contributed by atoms with Crippen LogP contribution in [0.4, 0.5) is 29.5 Å². The average molecular weight is 517 g/mol. The van der Waals surface area contributed by atoms with Gasteiger partial charge in [0.1, 0.15) is 5.69 Å². The lowest BCUT2D eigenvalue weighted by Crippen LogP contribution is -2.55. The molecule has 3 aromatic carbocycles. The van der Waals surface area contributed by atoms with Crippen LogP contribution < -0.4 is 10.2 Å². The molecule has 10 heteroatoms. The third-order valence-corrected chi connectivity index (χ3v) is 6.61. The number of halogens is 3. The maximum Gasteiger partial charge on any atom is 0.416 e. The fraction of sp³-hybridized carbons (Fsp3) is 0.214. The molecule has 2 heterocycles. The predicted molar refractivity (Wildman–Crippen MR) is 139 cm³/mol. The van der Waals surface area contributed by atoms with E-state index in [1.807, 2.05) is 43.3 Å². The van der Waals surface area contributed by atoms with Crippen LogP contribution in [0.25, 0.3) is 22.0 Å². The van der Waals surface area contributed by atoms with E-state index in [0.29, 0.717) is 36.7 Å². The number of hydrogen-bond donors (Lipinski definition) is 1. The first-order chi connectivity index (χ1) is 18.2. The molecule has 1 fully saturated rings. The third kappa shape index (κ3) is 4.95. The Morgan fingerprint density at radius 2 is 1.66 bits per heavy atom. The molecule has 4 aromatic rings. The van der Waals surface area contributed by atoms with Crippen molar-refractivity contribution in [2.24, 2.45) is 0 Å². The van der Waals surface area contributed by atoms with E-state index in [4.69, 9.17) is 5.26 Å². The summed E-state index contributed by atoms with van der Waals surface area (Å²) in [5.74, 6) is 0.715. The molecule has 192 valence electrons. The number of urea groups is 1. The first-order valence-electron chi connectivity index (χ1n) is 12.0. The number of hydrogen-bond acceptors (Lipinski definition) is 5. The molecule has 2 amide bonds. The topological polar surface area (TPSA) is 85.2 Å². The van der Waals surface area contributed by atoms with Crippen LogP contribution in [0.5, 0.6) is 0 Å². The predicted octanol–water partition coefficient (Wildman–Crippen LogP) is 5.93. The fourth-order valence-corrected chi connectivity index (χ4v) is 4.63. The van der Waals surface area contributed by atoms with Crippen LogP contribution in [0, 0.1) is 11.3 Å². The standard InChI is InChI=1S/C28H23F3N6O/c1-18-17-36(14-15-37(18)27(38)33-22-12-10-21(11-13-22)28(29,30)31)26-24-5-3-2-4-23(24)25(34-35-26)20-8-6-19(16-32)7-9-20/h2-13,18H,14-15,17H2,1H3,(H,33,38)/t18-/m0/s1. The number of piperazine rings is 1. The van der Waals surface area contributed by atoms with Crippen molar-refractivity contribution < 1.29 is 18.0 Å². The van der Waals surface area contributed by atoms with E-state index in [-0.39, 0.29) is 12.1 Å². The summed E-state index contributed by atoms with van der Waals surface area (Å²) in [4.78, 5) is 16.6. The van der Waals surface area contributed by atoms with Crippen LogP contribution in [0.1, 0.15) is 18.1 Å². The quantitative estimate of drug-likeness (QED) is 0.365. The highest BCUT2D eigenvalue weighted by Gasteiger charge is 2.31. The van der Waals surface area contributed by atoms with Crippen molar-refractivity contribution in [1.82, 2.24) is 15.1 Å². The molecule has 1 saturated heterocycles. The minimum absolute atomic E-state index is 0.183. The molecule has 0 radical (unpaired) electrons. The highest BCUT2D eigenvalue weighted by molar-refractivity contribution is 6.00. The summed E-state index contributed by atoms with van der Waals surface area (Å²) in [5.41, 5.74) is 1.68. The number of benzene rings is 3. The number of nitriles is 1. The zero-order valence-electron chi connectivity index (χ0n) is 20.4. The summed E-state index contributed by atoms with van der Waals surface area (Å²) in [6.45, 7) is 3.34. The number of nitrogens with one attached hydrogen (secondary N) is 1. The van der Waals surface area contributed by atoms with Gasteiger partial charge in [0.05, 0.1) is 17.2 Å². The second-order valence-corrected chi connectivity index (χ2v) is 9.10. The van der Waals surface area contributed by atoms with Crippen molar-refractivity contribution >= 4 is 28.3 Å². The van der Waals surface area contributed by atoms with E-state index >= 15 is 0 Å². The Morgan fingerprint density at radius 1 is 0.974 bits per heavy atom. The van der Waals surface area contributed by atoms with Crippen LogP contribution in [0.15, 0.2) is 72.8 Å². The Hall–Kier alpha value is -4.65. The first-order valence-corrected chi connectivity index (χ1v) is 12.0. The number of carbonyl (C=O) groups excluding carboxylic acids is 1. The molecule has 5 rings (SSSR count). The van der Waals surface area contributed by atoms with Gasteiger partial charge in [0.25, 0.3) is 0 Å². The summed E-state index contributed by atoms with van der Waals surface area (Å²) in [6, 6.07) is 21.0. The Labute approximate surface area is 217 Å². The van der Waals surface area contributed by atoms with Gasteiger partial charge >= 0.3 is 12.2 Å². The van der Waals surface area contributed by atoms with Gasteiger partial charge in [-0.15, -0.1) is 10.2 Å². The molecule has 1 aliphatic heterocycles. The van der Waals surface area contributed by atoms with Crippen molar-refractivity contribution in [3.05, 3.63) is 83.9 Å². The van der Waals surface area contributed by atoms with E-state index in [9.17, 15) is 18.0 Å².